The summed E-state index contributed by atoms with van der Waals surface area (Å²) < 4.78 is 29.6. The molecule has 4 saturated heterocycles. The second-order valence-corrected chi connectivity index (χ2v) is 8.13. The van der Waals surface area contributed by atoms with Crippen molar-refractivity contribution in [3.63, 3.8) is 0 Å². The topological polar surface area (TPSA) is 28.5 Å². The monoisotopic (exact) mass is 371 g/mol. The molecule has 2 bridgehead atoms. The Morgan fingerprint density at radius 2 is 1.78 bits per heavy atom. The average molecular weight is 371 g/mol. The largest absolute Gasteiger partial charge is 0.347 e. The zero-order chi connectivity index (χ0) is 18.7. The Morgan fingerprint density at radius 3 is 2.41 bits per heavy atom. The van der Waals surface area contributed by atoms with Crippen LogP contribution in [0.2, 0.25) is 0 Å². The lowest BCUT2D eigenvalue weighted by molar-refractivity contribution is -0.00371. The van der Waals surface area contributed by atoms with E-state index in [1.54, 1.807) is 0 Å². The van der Waals surface area contributed by atoms with Gasteiger partial charge in [0.25, 0.3) is 5.91 Å². The average Bonchev–Trinajstić information content (AvgIpc) is 3.26. The molecule has 1 amide bonds. The zero-order valence-electron chi connectivity index (χ0n) is 15.3. The number of nitrogens with zero attached hydrogens (tertiary/aromatic N) is 3. The van der Waals surface area contributed by atoms with Crippen molar-refractivity contribution in [2.45, 2.75) is 30.8 Å². The third-order valence-electron chi connectivity index (χ3n) is 6.73. The summed E-state index contributed by atoms with van der Waals surface area (Å²) in [6, 6.07) is 7.75. The maximum absolute atomic E-state index is 13.9. The van der Waals surface area contributed by atoms with E-state index < -0.39 is 11.6 Å². The smallest absolute Gasteiger partial charge is 0.270 e. The molecule has 1 aromatic heterocycles. The van der Waals surface area contributed by atoms with Crippen molar-refractivity contribution in [2.75, 3.05) is 19.6 Å². The first kappa shape index (κ1) is 16.9. The number of rotatable bonds is 2. The lowest BCUT2D eigenvalue weighted by Gasteiger charge is -2.51. The van der Waals surface area contributed by atoms with Gasteiger partial charge in [-0.15, -0.1) is 0 Å². The van der Waals surface area contributed by atoms with Crippen LogP contribution in [0.15, 0.2) is 36.5 Å². The summed E-state index contributed by atoms with van der Waals surface area (Å²) in [7, 11) is 1.87. The molecule has 0 unspecified atom stereocenters. The number of likely N-dealkylation sites (tertiary alicyclic amines) is 1. The minimum atomic E-state index is -0.551. The summed E-state index contributed by atoms with van der Waals surface area (Å²) in [6.07, 6.45) is 4.04. The lowest BCUT2D eigenvalue weighted by Crippen LogP contribution is -2.60. The summed E-state index contributed by atoms with van der Waals surface area (Å²) in [5.74, 6) is -0.680. The molecule has 6 heteroatoms. The van der Waals surface area contributed by atoms with Crippen molar-refractivity contribution in [1.29, 1.82) is 0 Å². The molecule has 1 aromatic carbocycles. The number of hydrogen-bond donors (Lipinski definition) is 0. The lowest BCUT2D eigenvalue weighted by atomic mass is 9.75. The number of halogens is 2. The third-order valence-corrected chi connectivity index (χ3v) is 6.73. The van der Waals surface area contributed by atoms with Gasteiger partial charge in [-0.1, -0.05) is 0 Å². The zero-order valence-corrected chi connectivity index (χ0v) is 15.3. The summed E-state index contributed by atoms with van der Waals surface area (Å²) >= 11 is 0. The first-order valence-electron chi connectivity index (χ1n) is 9.65. The standard InChI is InChI=1S/C21H23F2N3O/c1-24-6-2-3-18(24)21(27)26-12-17(14-9-15(22)11-16(23)10-14)20-19(26)13-4-7-25(20)8-5-13/h2-3,6,9-11,13,17,19-20H,4-5,7-8,12H2,1H3/t17-,19+,20+/m0/s1. The van der Waals surface area contributed by atoms with Gasteiger partial charge in [0.1, 0.15) is 17.3 Å². The third kappa shape index (κ3) is 2.61. The first-order chi connectivity index (χ1) is 13.0. The molecule has 142 valence electrons. The molecule has 4 nitrogen and oxygen atoms in total. The fraction of sp³-hybridized carbons (Fsp3) is 0.476. The van der Waals surface area contributed by atoms with Crippen LogP contribution in [0.5, 0.6) is 0 Å². The van der Waals surface area contributed by atoms with Crippen LogP contribution >= 0.6 is 0 Å². The highest BCUT2D eigenvalue weighted by molar-refractivity contribution is 5.93. The van der Waals surface area contributed by atoms with E-state index in [9.17, 15) is 13.6 Å². The van der Waals surface area contributed by atoms with Gasteiger partial charge in [0.2, 0.25) is 0 Å². The number of amides is 1. The van der Waals surface area contributed by atoms with Crippen molar-refractivity contribution < 1.29 is 13.6 Å². The number of benzene rings is 1. The second-order valence-electron chi connectivity index (χ2n) is 8.13. The molecule has 4 fully saturated rings. The van der Waals surface area contributed by atoms with Crippen molar-refractivity contribution in [3.8, 4) is 0 Å². The summed E-state index contributed by atoms with van der Waals surface area (Å²) in [5.41, 5.74) is 1.33. The van der Waals surface area contributed by atoms with E-state index in [0.717, 1.165) is 32.0 Å². The molecule has 0 radical (unpaired) electrons. The van der Waals surface area contributed by atoms with Gasteiger partial charge >= 0.3 is 0 Å². The molecular weight excluding hydrogens is 348 g/mol. The van der Waals surface area contributed by atoms with Crippen LogP contribution in [-0.4, -0.2) is 52.0 Å². The molecule has 27 heavy (non-hydrogen) atoms. The van der Waals surface area contributed by atoms with E-state index in [2.05, 4.69) is 4.90 Å². The second kappa shape index (κ2) is 6.16. The molecule has 6 rings (SSSR count). The Balaban J connectivity index is 1.56. The van der Waals surface area contributed by atoms with Crippen LogP contribution in [0.3, 0.4) is 0 Å². The van der Waals surface area contributed by atoms with Gasteiger partial charge in [0, 0.05) is 37.8 Å². The Labute approximate surface area is 157 Å². The number of fused-ring (bicyclic) bond motifs is 2. The van der Waals surface area contributed by atoms with Gasteiger partial charge in [-0.25, -0.2) is 8.78 Å². The molecule has 0 aliphatic carbocycles. The predicted molar refractivity (Wildman–Crippen MR) is 97.4 cm³/mol. The minimum absolute atomic E-state index is 0.0191. The minimum Gasteiger partial charge on any atom is -0.347 e. The van der Waals surface area contributed by atoms with Gasteiger partial charge in [0.15, 0.2) is 0 Å². The highest BCUT2D eigenvalue weighted by Crippen LogP contribution is 2.47. The summed E-state index contributed by atoms with van der Waals surface area (Å²) in [6.45, 7) is 2.52. The van der Waals surface area contributed by atoms with Crippen LogP contribution in [0.25, 0.3) is 0 Å². The van der Waals surface area contributed by atoms with Crippen LogP contribution in [0.4, 0.5) is 8.78 Å². The Morgan fingerprint density at radius 1 is 1.07 bits per heavy atom. The molecule has 2 aromatic rings. The SMILES string of the molecule is Cn1cccc1C(=O)N1C[C@@H](c2cc(F)cc(F)c2)[C@@H]2[C@H]1C1CCN2CC1. The first-order valence-corrected chi connectivity index (χ1v) is 9.65. The fourth-order valence-corrected chi connectivity index (χ4v) is 5.57. The molecule has 0 saturated carbocycles. The molecule has 3 atom stereocenters. The highest BCUT2D eigenvalue weighted by atomic mass is 19.1. The quantitative estimate of drug-likeness (QED) is 0.812. The number of carbonyl (C=O) groups is 1. The Bertz CT molecular complexity index is 867. The van der Waals surface area contributed by atoms with Crippen LogP contribution in [0, 0.1) is 17.6 Å². The number of carbonyl (C=O) groups excluding carboxylic acids is 1. The predicted octanol–water partition coefficient (Wildman–Crippen LogP) is 3.01. The summed E-state index contributed by atoms with van der Waals surface area (Å²) in [4.78, 5) is 17.7. The molecule has 0 N–H and O–H groups in total. The Kier molecular flexibility index (Phi) is 3.86. The molecule has 4 aliphatic rings. The van der Waals surface area contributed by atoms with E-state index in [1.807, 2.05) is 34.8 Å². The normalized spacial score (nSPS) is 32.0. The fourth-order valence-electron chi connectivity index (χ4n) is 5.57. The number of hydrogen-bond acceptors (Lipinski definition) is 2. The number of piperidine rings is 3. The maximum Gasteiger partial charge on any atom is 0.270 e. The molecule has 4 aliphatic heterocycles. The Hall–Kier alpha value is -2.21. The van der Waals surface area contributed by atoms with E-state index in [-0.39, 0.29) is 23.9 Å². The molecule has 0 spiro atoms. The van der Waals surface area contributed by atoms with Crippen LogP contribution < -0.4 is 0 Å². The number of aromatic nitrogens is 1. The maximum atomic E-state index is 13.9. The molecule has 5 heterocycles. The van der Waals surface area contributed by atoms with E-state index in [0.29, 0.717) is 23.7 Å². The summed E-state index contributed by atoms with van der Waals surface area (Å²) in [5, 5.41) is 0. The van der Waals surface area contributed by atoms with Gasteiger partial charge in [-0.3, -0.25) is 9.69 Å². The van der Waals surface area contributed by atoms with Crippen molar-refractivity contribution in [3.05, 3.63) is 59.4 Å². The van der Waals surface area contributed by atoms with Gasteiger partial charge < -0.3 is 9.47 Å². The van der Waals surface area contributed by atoms with E-state index in [1.165, 1.54) is 12.1 Å². The van der Waals surface area contributed by atoms with E-state index in [4.69, 9.17) is 0 Å². The van der Waals surface area contributed by atoms with Gasteiger partial charge in [-0.05, 0) is 61.7 Å². The van der Waals surface area contributed by atoms with E-state index >= 15 is 0 Å². The number of aryl methyl sites for hydroxylation is 1. The van der Waals surface area contributed by atoms with Crippen molar-refractivity contribution >= 4 is 5.91 Å². The van der Waals surface area contributed by atoms with Crippen LogP contribution in [-0.2, 0) is 7.05 Å². The van der Waals surface area contributed by atoms with Gasteiger partial charge in [0.05, 0.1) is 6.04 Å². The van der Waals surface area contributed by atoms with Crippen molar-refractivity contribution in [2.24, 2.45) is 13.0 Å². The highest BCUT2D eigenvalue weighted by Gasteiger charge is 2.54. The van der Waals surface area contributed by atoms with Crippen LogP contribution in [0.1, 0.15) is 34.8 Å². The van der Waals surface area contributed by atoms with Gasteiger partial charge in [-0.2, -0.15) is 0 Å². The van der Waals surface area contributed by atoms with Crippen molar-refractivity contribution in [1.82, 2.24) is 14.4 Å². The molecular formula is C21H23F2N3O.